The first-order valence-corrected chi connectivity index (χ1v) is 63.0. The Hall–Kier alpha value is -4.10. The molecular formula is C127H250O22. The smallest absolute Gasteiger partial charge is 0.305 e. The van der Waals surface area contributed by atoms with Crippen LogP contribution in [0.5, 0.6) is 0 Å². The van der Waals surface area contributed by atoms with Crippen LogP contribution in [0.1, 0.15) is 615 Å². The summed E-state index contributed by atoms with van der Waals surface area (Å²) in [5.41, 5.74) is 0. The van der Waals surface area contributed by atoms with Gasteiger partial charge in [0.25, 0.3) is 0 Å². The maximum atomic E-state index is 11.5. The van der Waals surface area contributed by atoms with E-state index in [1.807, 2.05) is 41.5 Å². The second-order valence-electron chi connectivity index (χ2n) is 44.0. The van der Waals surface area contributed by atoms with Crippen molar-refractivity contribution in [2.24, 2.45) is 35.5 Å². The van der Waals surface area contributed by atoms with Crippen molar-refractivity contribution in [2.75, 3.05) is 92.5 Å². The van der Waals surface area contributed by atoms with Crippen LogP contribution in [0.3, 0.4) is 0 Å². The van der Waals surface area contributed by atoms with E-state index in [-0.39, 0.29) is 123 Å². The standard InChI is InChI=1S/2C22H44O4.C22H44O3.C21H42O3.2C20H38O4/c1-3-4-5-6-9-12-15-21(24)16-13-10-7-8-11-14-17-22(25)26-19-20(2)18-23;1-3-4-5-6-7-9-12-15-21(24)16-13-10-8-11-14-17-22(25)26-19-20(2)18-23;1-3-4-5-6-7-8-9-10-11-12-13-14-15-16-17-18-22(24)25-20-21(2)19-23;1-3-4-5-6-7-8-9-10-11-12-13-14-15-16-17-21(23)24-19-20(2)18-22;2*1-19(17-22)18-24-20(23)15-13-11-9-7-5-3-2-4-6-8-10-12-14-16-21/h2*20-21,23-24H,3-19H2,1-2H3;21,23H,3-20H2,1-2H3;20,22H,3-19H2,1-2H3;2*2,4,19,21-22H,3,5-18H2,1H3/b;;;;4-2+;4-2-. The molecule has 0 saturated carbocycles. The number of carbonyl (C=O) groups excluding carboxylic acids is 6. The van der Waals surface area contributed by atoms with E-state index in [0.717, 1.165) is 199 Å². The first kappa shape index (κ1) is 156. The van der Waals surface area contributed by atoms with Crippen LogP contribution >= 0.6 is 0 Å². The van der Waals surface area contributed by atoms with Crippen LogP contribution in [-0.4, -0.2) is 192 Å². The third-order valence-electron chi connectivity index (χ3n) is 27.3. The molecule has 0 fully saturated rings. The zero-order chi connectivity index (χ0) is 111. The van der Waals surface area contributed by atoms with Crippen molar-refractivity contribution in [3.05, 3.63) is 24.3 Å². The second-order valence-corrected chi connectivity index (χ2v) is 44.0. The number of carbonyl (C=O) groups is 6. The first-order valence-electron chi connectivity index (χ1n) is 63.0. The summed E-state index contributed by atoms with van der Waals surface area (Å²) in [5, 5.41) is 90.6. The van der Waals surface area contributed by atoms with Crippen LogP contribution in [0, 0.1) is 35.5 Å². The van der Waals surface area contributed by atoms with Gasteiger partial charge < -0.3 is 79.5 Å². The van der Waals surface area contributed by atoms with Gasteiger partial charge in [0.2, 0.25) is 0 Å². The fraction of sp³-hybridized carbons (Fsp3) is 0.921. The molecule has 0 aliphatic heterocycles. The van der Waals surface area contributed by atoms with E-state index in [0.29, 0.717) is 91.4 Å². The van der Waals surface area contributed by atoms with Crippen molar-refractivity contribution >= 4 is 35.8 Å². The Kier molecular flexibility index (Phi) is 142. The minimum absolute atomic E-state index is 0.0198. The molecule has 0 saturated heterocycles. The van der Waals surface area contributed by atoms with Gasteiger partial charge in [-0.05, 0) is 128 Å². The summed E-state index contributed by atoms with van der Waals surface area (Å²) < 4.78 is 30.6. The van der Waals surface area contributed by atoms with E-state index in [1.165, 1.54) is 308 Å². The molecule has 8 unspecified atom stereocenters. The van der Waals surface area contributed by atoms with E-state index in [1.54, 1.807) is 0 Å². The zero-order valence-corrected chi connectivity index (χ0v) is 99.3. The molecule has 22 heteroatoms. The predicted octanol–water partition coefficient (Wildman–Crippen LogP) is 32.0. The van der Waals surface area contributed by atoms with Gasteiger partial charge in [-0.15, -0.1) is 0 Å². The highest BCUT2D eigenvalue weighted by Gasteiger charge is 2.15. The van der Waals surface area contributed by atoms with Crippen LogP contribution in [-0.2, 0) is 57.2 Å². The van der Waals surface area contributed by atoms with Crippen molar-refractivity contribution in [3.8, 4) is 0 Å². The van der Waals surface area contributed by atoms with Crippen LogP contribution < -0.4 is 0 Å². The lowest BCUT2D eigenvalue weighted by atomic mass is 10.0. The van der Waals surface area contributed by atoms with Gasteiger partial charge in [0.05, 0.1) is 51.8 Å². The summed E-state index contributed by atoms with van der Waals surface area (Å²) in [5.74, 6) is -0.626. The lowest BCUT2D eigenvalue weighted by Gasteiger charge is -2.10. The Morgan fingerprint density at radius 2 is 0.295 bits per heavy atom. The van der Waals surface area contributed by atoms with E-state index in [2.05, 4.69) is 52.0 Å². The number of hydrogen-bond donors (Lipinski definition) is 10. The van der Waals surface area contributed by atoms with Crippen LogP contribution in [0.15, 0.2) is 24.3 Å². The average Bonchev–Trinajstić information content (AvgIpc) is 1.08. The van der Waals surface area contributed by atoms with Crippen LogP contribution in [0.2, 0.25) is 0 Å². The van der Waals surface area contributed by atoms with Crippen molar-refractivity contribution in [3.63, 3.8) is 0 Å². The summed E-state index contributed by atoms with van der Waals surface area (Å²) in [6, 6.07) is 0. The quantitative estimate of drug-likeness (QED) is 0.0117. The molecule has 0 amide bonds. The van der Waals surface area contributed by atoms with Crippen LogP contribution in [0.4, 0.5) is 0 Å². The van der Waals surface area contributed by atoms with E-state index < -0.39 is 0 Å². The number of allylic oxidation sites excluding steroid dienone is 4. The number of esters is 6. The monoisotopic (exact) mass is 2130 g/mol. The fourth-order valence-electron chi connectivity index (χ4n) is 16.6. The Bertz CT molecular complexity index is 2610. The molecular weight excluding hydrogens is 1880 g/mol. The van der Waals surface area contributed by atoms with Crippen molar-refractivity contribution in [2.45, 2.75) is 627 Å². The van der Waals surface area contributed by atoms with E-state index >= 15 is 0 Å². The molecule has 22 nitrogen and oxygen atoms in total. The molecule has 10 N–H and O–H groups in total. The third-order valence-corrected chi connectivity index (χ3v) is 27.3. The predicted molar refractivity (Wildman–Crippen MR) is 623 cm³/mol. The van der Waals surface area contributed by atoms with Gasteiger partial charge in [0, 0.05) is 127 Å². The van der Waals surface area contributed by atoms with Crippen molar-refractivity contribution < 1.29 is 108 Å². The lowest BCUT2D eigenvalue weighted by Crippen LogP contribution is -2.14. The number of aliphatic hydroxyl groups is 10. The number of hydrogen-bond acceptors (Lipinski definition) is 22. The molecule has 0 aliphatic carbocycles. The first-order chi connectivity index (χ1) is 72.5. The normalized spacial score (nSPS) is 12.8. The Labute approximate surface area is 918 Å². The Morgan fingerprint density at radius 1 is 0.174 bits per heavy atom. The molecule has 0 spiro atoms. The topological polar surface area (TPSA) is 360 Å². The summed E-state index contributed by atoms with van der Waals surface area (Å²) in [6.45, 7) is 23.2. The maximum Gasteiger partial charge on any atom is 0.305 e. The molecule has 0 heterocycles. The van der Waals surface area contributed by atoms with Crippen molar-refractivity contribution in [1.29, 1.82) is 0 Å². The molecule has 890 valence electrons. The number of aliphatic hydroxyl groups excluding tert-OH is 10. The number of rotatable bonds is 109. The minimum Gasteiger partial charge on any atom is -0.465 e. The molecule has 0 aromatic heterocycles. The third kappa shape index (κ3) is 146. The molecule has 0 aromatic carbocycles. The van der Waals surface area contributed by atoms with Gasteiger partial charge in [0.1, 0.15) is 0 Å². The average molecular weight is 2130 g/mol. The summed E-state index contributed by atoms with van der Waals surface area (Å²) >= 11 is 0. The van der Waals surface area contributed by atoms with Gasteiger partial charge in [-0.1, -0.05) is 472 Å². The summed E-state index contributed by atoms with van der Waals surface area (Å²) in [6.07, 6.45) is 108. The Balaban J connectivity index is -0.000000412. The largest absolute Gasteiger partial charge is 0.465 e. The molecule has 0 aromatic rings. The van der Waals surface area contributed by atoms with Gasteiger partial charge in [-0.3, -0.25) is 28.8 Å². The van der Waals surface area contributed by atoms with Gasteiger partial charge in [-0.25, -0.2) is 0 Å². The molecule has 0 aliphatic rings. The van der Waals surface area contributed by atoms with Gasteiger partial charge in [-0.2, -0.15) is 0 Å². The van der Waals surface area contributed by atoms with Gasteiger partial charge >= 0.3 is 35.8 Å². The maximum absolute atomic E-state index is 11.5. The molecule has 0 bridgehead atoms. The summed E-state index contributed by atoms with van der Waals surface area (Å²) in [7, 11) is 0. The summed E-state index contributed by atoms with van der Waals surface area (Å²) in [4.78, 5) is 68.9. The minimum atomic E-state index is -0.157. The molecule has 0 rings (SSSR count). The second kappa shape index (κ2) is 136. The number of unbranched alkanes of at least 4 members (excludes halogenated alkanes) is 65. The Morgan fingerprint density at radius 3 is 0.430 bits per heavy atom. The van der Waals surface area contributed by atoms with E-state index in [4.69, 9.17) is 69.3 Å². The molecule has 0 radical (unpaired) electrons. The SMILES string of the molecule is CC(CO)COC(=O)CCCCCCC/C=C/CCCCCCO.CC(CO)COC(=O)CCCCCCC/C=C\CCCCCCO.CCCCCCCCC(O)CCCCCCCCC(=O)OCC(C)CO.CCCCCCCCCC(O)CCCCCCCC(=O)OCC(C)CO.CCCCCCCCCCCCCCCCC(=O)OCC(C)CO.CCCCCCCCCCCCCCCCCC(=O)OCC(C)CO. The fourth-order valence-corrected chi connectivity index (χ4v) is 16.6. The van der Waals surface area contributed by atoms with E-state index in [9.17, 15) is 39.0 Å². The molecule has 149 heavy (non-hydrogen) atoms. The number of ether oxygens (including phenoxy) is 6. The highest BCUT2D eigenvalue weighted by atomic mass is 16.6. The highest BCUT2D eigenvalue weighted by Crippen LogP contribution is 2.23. The molecule has 8 atom stereocenters. The van der Waals surface area contributed by atoms with Crippen LogP contribution in [0.25, 0.3) is 0 Å². The van der Waals surface area contributed by atoms with Crippen molar-refractivity contribution in [1.82, 2.24) is 0 Å². The van der Waals surface area contributed by atoms with Gasteiger partial charge in [0.15, 0.2) is 0 Å². The zero-order valence-electron chi connectivity index (χ0n) is 99.3. The lowest BCUT2D eigenvalue weighted by molar-refractivity contribution is -0.146. The highest BCUT2D eigenvalue weighted by molar-refractivity contribution is 5.71.